The minimum Gasteiger partial charge on any atom is -0.424 e. The van der Waals surface area contributed by atoms with Gasteiger partial charge in [-0.15, -0.1) is 0 Å². The van der Waals surface area contributed by atoms with Crippen LogP contribution in [0.4, 0.5) is 4.39 Å². The number of aromatic amines is 1. The van der Waals surface area contributed by atoms with E-state index >= 15 is 0 Å². The van der Waals surface area contributed by atoms with Crippen molar-refractivity contribution >= 4 is 27.7 Å². The average molecular weight is 413 g/mol. The van der Waals surface area contributed by atoms with Crippen LogP contribution in [0.15, 0.2) is 61.1 Å². The van der Waals surface area contributed by atoms with Crippen molar-refractivity contribution in [1.82, 2.24) is 19.9 Å². The van der Waals surface area contributed by atoms with Gasteiger partial charge in [-0.1, -0.05) is 18.2 Å². The molecule has 0 aliphatic heterocycles. The number of pyridine rings is 1. The normalized spacial score (nSPS) is 11.2. The van der Waals surface area contributed by atoms with E-state index in [1.165, 1.54) is 12.3 Å². The van der Waals surface area contributed by atoms with Crippen LogP contribution in [-0.4, -0.2) is 25.8 Å². The molecular weight excluding hydrogens is 397 g/mol. The Kier molecular flexibility index (Phi) is 4.32. The first kappa shape index (κ1) is 18.7. The number of hydrogen-bond donors (Lipinski definition) is 2. The minimum atomic E-state index is -0.678. The van der Waals surface area contributed by atoms with Crippen LogP contribution in [0.1, 0.15) is 16.1 Å². The number of primary amides is 1. The molecule has 0 saturated carbocycles. The van der Waals surface area contributed by atoms with Gasteiger partial charge in [-0.3, -0.25) is 4.79 Å². The maximum atomic E-state index is 14.6. The van der Waals surface area contributed by atoms with Gasteiger partial charge in [0.2, 0.25) is 0 Å². The lowest BCUT2D eigenvalue weighted by Crippen LogP contribution is -2.13. The summed E-state index contributed by atoms with van der Waals surface area (Å²) >= 11 is 0. The van der Waals surface area contributed by atoms with E-state index < -0.39 is 11.7 Å². The van der Waals surface area contributed by atoms with Crippen LogP contribution in [0.25, 0.3) is 32.9 Å². The van der Waals surface area contributed by atoms with Gasteiger partial charge < -0.3 is 15.5 Å². The third-order valence-corrected chi connectivity index (χ3v) is 5.06. The zero-order valence-corrected chi connectivity index (χ0v) is 16.4. The molecular formula is C23H16FN5O2. The molecule has 3 aromatic heterocycles. The number of ether oxygens (including phenoxy) is 1. The predicted molar refractivity (Wildman–Crippen MR) is 114 cm³/mol. The maximum absolute atomic E-state index is 14.6. The van der Waals surface area contributed by atoms with Crippen LogP contribution < -0.4 is 10.5 Å². The minimum absolute atomic E-state index is 0.0813. The van der Waals surface area contributed by atoms with Crippen LogP contribution in [0.5, 0.6) is 11.8 Å². The molecule has 152 valence electrons. The van der Waals surface area contributed by atoms with Crippen molar-refractivity contribution in [1.29, 1.82) is 0 Å². The first-order chi connectivity index (χ1) is 15.0. The highest BCUT2D eigenvalue weighted by Gasteiger charge is 2.20. The smallest absolute Gasteiger partial charge is 0.321 e. The molecule has 0 aliphatic carbocycles. The number of nitrogens with two attached hydrogens (primary N) is 1. The molecule has 3 N–H and O–H groups in total. The van der Waals surface area contributed by atoms with E-state index in [2.05, 4.69) is 19.9 Å². The van der Waals surface area contributed by atoms with Gasteiger partial charge in [0.25, 0.3) is 5.91 Å². The van der Waals surface area contributed by atoms with Gasteiger partial charge in [0.15, 0.2) is 5.69 Å². The highest BCUT2D eigenvalue weighted by atomic mass is 19.1. The maximum Gasteiger partial charge on any atom is 0.321 e. The molecule has 3 heterocycles. The van der Waals surface area contributed by atoms with Crippen LogP contribution in [0.3, 0.4) is 0 Å². The Hall–Kier alpha value is -4.33. The number of nitrogens with one attached hydrogen (secondary N) is 1. The van der Waals surface area contributed by atoms with Crippen LogP contribution in [-0.2, 0) is 0 Å². The number of hydrogen-bond acceptors (Lipinski definition) is 5. The Balaban J connectivity index is 1.82. The Morgan fingerprint density at radius 2 is 1.84 bits per heavy atom. The number of rotatable bonds is 4. The number of aryl methyl sites for hydroxylation is 1. The fraction of sp³-hybridized carbons (Fsp3) is 0.0435. The average Bonchev–Trinajstić information content (AvgIpc) is 3.12. The van der Waals surface area contributed by atoms with Crippen molar-refractivity contribution < 1.29 is 13.9 Å². The lowest BCUT2D eigenvalue weighted by Gasteiger charge is -2.09. The molecule has 0 unspecified atom stereocenters. The second-order valence-corrected chi connectivity index (χ2v) is 7.04. The highest BCUT2D eigenvalue weighted by Crippen LogP contribution is 2.39. The Morgan fingerprint density at radius 3 is 2.58 bits per heavy atom. The van der Waals surface area contributed by atoms with Crippen molar-refractivity contribution in [3.63, 3.8) is 0 Å². The molecule has 0 bridgehead atoms. The molecule has 8 heteroatoms. The number of aromatic nitrogens is 4. The van der Waals surface area contributed by atoms with E-state index in [9.17, 15) is 9.18 Å². The van der Waals surface area contributed by atoms with Crippen LogP contribution >= 0.6 is 0 Å². The molecule has 0 saturated heterocycles. The summed E-state index contributed by atoms with van der Waals surface area (Å²) in [6, 6.07) is 12.0. The number of carbonyl (C=O) groups excluding carboxylic acids is 1. The number of amides is 1. The predicted octanol–water partition coefficient (Wildman–Crippen LogP) is 4.51. The first-order valence-electron chi connectivity index (χ1n) is 9.47. The van der Waals surface area contributed by atoms with Crippen LogP contribution in [0.2, 0.25) is 0 Å². The fourth-order valence-corrected chi connectivity index (χ4v) is 3.66. The van der Waals surface area contributed by atoms with E-state index in [0.717, 1.165) is 16.5 Å². The molecule has 5 aromatic rings. The summed E-state index contributed by atoms with van der Waals surface area (Å²) in [7, 11) is 0. The number of carbonyl (C=O) groups is 1. The molecule has 0 atom stereocenters. The van der Waals surface area contributed by atoms with Gasteiger partial charge in [-0.05, 0) is 36.8 Å². The van der Waals surface area contributed by atoms with Crippen molar-refractivity contribution in [3.05, 3.63) is 78.1 Å². The quantitative estimate of drug-likeness (QED) is 0.451. The second-order valence-electron chi connectivity index (χ2n) is 7.04. The molecule has 2 aromatic carbocycles. The molecule has 0 fully saturated rings. The zero-order chi connectivity index (χ0) is 21.5. The molecule has 0 spiro atoms. The van der Waals surface area contributed by atoms with Gasteiger partial charge in [0.05, 0.1) is 5.52 Å². The van der Waals surface area contributed by atoms with Crippen molar-refractivity contribution in [3.8, 4) is 22.9 Å². The molecule has 5 rings (SSSR count). The van der Waals surface area contributed by atoms with Crippen molar-refractivity contribution in [2.45, 2.75) is 6.92 Å². The summed E-state index contributed by atoms with van der Waals surface area (Å²) < 4.78 is 20.5. The monoisotopic (exact) mass is 413 g/mol. The summed E-state index contributed by atoms with van der Waals surface area (Å²) in [5.74, 6) is -0.535. The largest absolute Gasteiger partial charge is 0.424 e. The Labute approximate surface area is 175 Å². The van der Waals surface area contributed by atoms with Gasteiger partial charge in [0, 0.05) is 46.0 Å². The van der Waals surface area contributed by atoms with E-state index in [1.807, 2.05) is 19.1 Å². The number of benzene rings is 2. The molecule has 1 amide bonds. The molecule has 0 aliphatic rings. The zero-order valence-electron chi connectivity index (χ0n) is 16.4. The Morgan fingerprint density at radius 1 is 1.06 bits per heavy atom. The Bertz CT molecular complexity index is 1460. The topological polar surface area (TPSA) is 107 Å². The van der Waals surface area contributed by atoms with E-state index in [-0.39, 0.29) is 11.7 Å². The lowest BCUT2D eigenvalue weighted by atomic mass is 9.99. The third-order valence-electron chi connectivity index (χ3n) is 5.06. The van der Waals surface area contributed by atoms with E-state index in [4.69, 9.17) is 10.5 Å². The lowest BCUT2D eigenvalue weighted by molar-refractivity contribution is 0.0997. The highest BCUT2D eigenvalue weighted by molar-refractivity contribution is 6.19. The van der Waals surface area contributed by atoms with Crippen molar-refractivity contribution in [2.24, 2.45) is 5.73 Å². The van der Waals surface area contributed by atoms with Gasteiger partial charge in [0.1, 0.15) is 11.6 Å². The van der Waals surface area contributed by atoms with Gasteiger partial charge >= 0.3 is 6.01 Å². The summed E-state index contributed by atoms with van der Waals surface area (Å²) in [4.78, 5) is 27.6. The fourth-order valence-electron chi connectivity index (χ4n) is 3.66. The number of halogens is 1. The second kappa shape index (κ2) is 7.17. The number of fused-ring (bicyclic) bond motifs is 3. The first-order valence-corrected chi connectivity index (χ1v) is 9.47. The summed E-state index contributed by atoms with van der Waals surface area (Å²) in [6.07, 6.45) is 4.64. The SMILES string of the molecule is Cc1cc2[nH]c3c(C(N)=O)ncc(-c4ccccc4F)c3c2cc1Oc1ncccn1. The number of H-pyrrole nitrogens is 1. The van der Waals surface area contributed by atoms with Crippen molar-refractivity contribution in [2.75, 3.05) is 0 Å². The molecule has 31 heavy (non-hydrogen) atoms. The standard InChI is InChI=1S/C23H16FN5O2/c1-12-9-17-14(10-18(12)31-23-26-7-4-8-27-23)19-15(13-5-2-3-6-16(13)24)11-28-21(22(25)30)20(19)29-17/h2-11,29H,1H3,(H2,25,30). The summed E-state index contributed by atoms with van der Waals surface area (Å²) in [5, 5.41) is 1.36. The third kappa shape index (κ3) is 3.14. The summed E-state index contributed by atoms with van der Waals surface area (Å²) in [6.45, 7) is 1.88. The van der Waals surface area contributed by atoms with E-state index in [0.29, 0.717) is 27.8 Å². The van der Waals surface area contributed by atoms with E-state index in [1.54, 1.807) is 36.7 Å². The number of nitrogens with zero attached hydrogens (tertiary/aromatic N) is 3. The van der Waals surface area contributed by atoms with Gasteiger partial charge in [-0.2, -0.15) is 0 Å². The molecule has 7 nitrogen and oxygen atoms in total. The molecule has 0 radical (unpaired) electrons. The van der Waals surface area contributed by atoms with Crippen LogP contribution in [0, 0.1) is 12.7 Å². The van der Waals surface area contributed by atoms with Gasteiger partial charge in [-0.25, -0.2) is 19.3 Å². The summed E-state index contributed by atoms with van der Waals surface area (Å²) in [5.41, 5.74) is 8.54.